The summed E-state index contributed by atoms with van der Waals surface area (Å²) in [5, 5.41) is 3.27. The third-order valence-electron chi connectivity index (χ3n) is 4.01. The quantitative estimate of drug-likeness (QED) is 0.773. The zero-order valence-electron chi connectivity index (χ0n) is 12.9. The maximum atomic E-state index is 12.1. The summed E-state index contributed by atoms with van der Waals surface area (Å²) in [6.07, 6.45) is 2.12. The van der Waals surface area contributed by atoms with Crippen molar-refractivity contribution in [2.24, 2.45) is 5.92 Å². The number of piperazine rings is 1. The summed E-state index contributed by atoms with van der Waals surface area (Å²) in [7, 11) is 0. The largest absolute Gasteiger partial charge is 0.377 e. The topological polar surface area (TPSA) is 44.8 Å². The van der Waals surface area contributed by atoms with Gasteiger partial charge >= 0.3 is 0 Å². The average molecular weight is 283 g/mol. The SMILES string of the molecule is CC(C)COC1CCN(CCC(=O)N2CCNCC2)C1. The zero-order chi connectivity index (χ0) is 14.4. The van der Waals surface area contributed by atoms with Gasteiger partial charge in [-0.3, -0.25) is 4.79 Å². The first kappa shape index (κ1) is 15.7. The maximum Gasteiger partial charge on any atom is 0.223 e. The summed E-state index contributed by atoms with van der Waals surface area (Å²) in [5.74, 6) is 0.899. The molecule has 0 spiro atoms. The number of amides is 1. The first-order valence-corrected chi connectivity index (χ1v) is 7.97. The van der Waals surface area contributed by atoms with E-state index in [1.54, 1.807) is 0 Å². The van der Waals surface area contributed by atoms with E-state index in [1.165, 1.54) is 0 Å². The van der Waals surface area contributed by atoms with E-state index in [0.29, 0.717) is 24.3 Å². The number of hydrogen-bond donors (Lipinski definition) is 1. The molecule has 5 heteroatoms. The van der Waals surface area contributed by atoms with Crippen LogP contribution < -0.4 is 5.32 Å². The third-order valence-corrected chi connectivity index (χ3v) is 4.01. The summed E-state index contributed by atoms with van der Waals surface area (Å²) in [4.78, 5) is 16.4. The molecule has 1 amide bonds. The van der Waals surface area contributed by atoms with Crippen molar-refractivity contribution in [3.63, 3.8) is 0 Å². The number of nitrogens with one attached hydrogen (secondary N) is 1. The number of carbonyl (C=O) groups is 1. The maximum absolute atomic E-state index is 12.1. The Morgan fingerprint density at radius 1 is 1.30 bits per heavy atom. The molecular weight excluding hydrogens is 254 g/mol. The number of likely N-dealkylation sites (tertiary alicyclic amines) is 1. The van der Waals surface area contributed by atoms with Crippen molar-refractivity contribution in [1.29, 1.82) is 0 Å². The number of rotatable bonds is 6. The molecule has 0 aromatic heterocycles. The number of ether oxygens (including phenoxy) is 1. The van der Waals surface area contributed by atoms with Crippen LogP contribution in [-0.2, 0) is 9.53 Å². The first-order valence-electron chi connectivity index (χ1n) is 7.97. The van der Waals surface area contributed by atoms with E-state index in [0.717, 1.165) is 58.8 Å². The van der Waals surface area contributed by atoms with E-state index in [1.807, 2.05) is 4.90 Å². The van der Waals surface area contributed by atoms with Gasteiger partial charge in [0.05, 0.1) is 6.10 Å². The Morgan fingerprint density at radius 2 is 2.05 bits per heavy atom. The van der Waals surface area contributed by atoms with E-state index < -0.39 is 0 Å². The molecule has 2 rings (SSSR count). The second-order valence-corrected chi connectivity index (χ2v) is 6.32. The Morgan fingerprint density at radius 3 is 2.75 bits per heavy atom. The highest BCUT2D eigenvalue weighted by Crippen LogP contribution is 2.14. The lowest BCUT2D eigenvalue weighted by molar-refractivity contribution is -0.132. The van der Waals surface area contributed by atoms with E-state index >= 15 is 0 Å². The van der Waals surface area contributed by atoms with E-state index in [4.69, 9.17) is 4.74 Å². The van der Waals surface area contributed by atoms with Crippen molar-refractivity contribution in [2.75, 3.05) is 52.4 Å². The standard InChI is InChI=1S/C15H29N3O2/c1-13(2)12-20-14-3-7-17(11-14)8-4-15(19)18-9-5-16-6-10-18/h13-14,16H,3-12H2,1-2H3. The summed E-state index contributed by atoms with van der Waals surface area (Å²) in [6, 6.07) is 0. The van der Waals surface area contributed by atoms with Crippen LogP contribution in [0.4, 0.5) is 0 Å². The van der Waals surface area contributed by atoms with Gasteiger partial charge in [-0.1, -0.05) is 13.8 Å². The normalized spacial score (nSPS) is 24.6. The average Bonchev–Trinajstić information content (AvgIpc) is 2.91. The smallest absolute Gasteiger partial charge is 0.223 e. The Bertz CT molecular complexity index is 303. The molecule has 2 saturated heterocycles. The predicted molar refractivity (Wildman–Crippen MR) is 79.7 cm³/mol. The third kappa shape index (κ3) is 5.04. The lowest BCUT2D eigenvalue weighted by atomic mass is 10.2. The minimum absolute atomic E-state index is 0.304. The Hall–Kier alpha value is -0.650. The monoisotopic (exact) mass is 283 g/mol. The van der Waals surface area contributed by atoms with Gasteiger partial charge < -0.3 is 19.9 Å². The molecule has 0 aliphatic carbocycles. The molecule has 2 aliphatic heterocycles. The highest BCUT2D eigenvalue weighted by atomic mass is 16.5. The van der Waals surface area contributed by atoms with Gasteiger partial charge in [-0.2, -0.15) is 0 Å². The molecule has 1 atom stereocenters. The van der Waals surface area contributed by atoms with Crippen LogP contribution in [0.2, 0.25) is 0 Å². The molecule has 116 valence electrons. The van der Waals surface area contributed by atoms with Crippen molar-refractivity contribution < 1.29 is 9.53 Å². The van der Waals surface area contributed by atoms with E-state index in [9.17, 15) is 4.79 Å². The zero-order valence-corrected chi connectivity index (χ0v) is 12.9. The summed E-state index contributed by atoms with van der Waals surface area (Å²) in [5.41, 5.74) is 0. The summed E-state index contributed by atoms with van der Waals surface area (Å²) in [6.45, 7) is 11.7. The van der Waals surface area contributed by atoms with Gasteiger partial charge in [0.15, 0.2) is 0 Å². The molecule has 0 saturated carbocycles. The minimum Gasteiger partial charge on any atom is -0.377 e. The van der Waals surface area contributed by atoms with Crippen LogP contribution in [0.15, 0.2) is 0 Å². The fourth-order valence-corrected chi connectivity index (χ4v) is 2.79. The van der Waals surface area contributed by atoms with Crippen molar-refractivity contribution >= 4 is 5.91 Å². The van der Waals surface area contributed by atoms with Crippen molar-refractivity contribution in [3.05, 3.63) is 0 Å². The molecule has 0 aromatic carbocycles. The van der Waals surface area contributed by atoms with Crippen LogP contribution in [0.1, 0.15) is 26.7 Å². The lowest BCUT2D eigenvalue weighted by Gasteiger charge is -2.28. The van der Waals surface area contributed by atoms with Crippen molar-refractivity contribution in [1.82, 2.24) is 15.1 Å². The second kappa shape index (κ2) is 7.96. The number of carbonyl (C=O) groups excluding carboxylic acids is 1. The van der Waals surface area contributed by atoms with E-state index in [-0.39, 0.29) is 0 Å². The molecule has 1 N–H and O–H groups in total. The fraction of sp³-hybridized carbons (Fsp3) is 0.933. The van der Waals surface area contributed by atoms with Gasteiger partial charge in [0.2, 0.25) is 5.91 Å². The summed E-state index contributed by atoms with van der Waals surface area (Å²) >= 11 is 0. The molecule has 0 bridgehead atoms. The van der Waals surface area contributed by atoms with E-state index in [2.05, 4.69) is 24.1 Å². The Labute approximate surface area is 122 Å². The Kier molecular flexibility index (Phi) is 6.26. The summed E-state index contributed by atoms with van der Waals surface area (Å²) < 4.78 is 5.87. The minimum atomic E-state index is 0.304. The lowest BCUT2D eigenvalue weighted by Crippen LogP contribution is -2.47. The van der Waals surface area contributed by atoms with Crippen LogP contribution in [0.25, 0.3) is 0 Å². The molecule has 20 heavy (non-hydrogen) atoms. The van der Waals surface area contributed by atoms with Crippen LogP contribution in [0.3, 0.4) is 0 Å². The predicted octanol–water partition coefficient (Wildman–Crippen LogP) is 0.555. The second-order valence-electron chi connectivity index (χ2n) is 6.32. The van der Waals surface area contributed by atoms with Crippen LogP contribution in [0, 0.1) is 5.92 Å². The van der Waals surface area contributed by atoms with Gasteiger partial charge in [-0.25, -0.2) is 0 Å². The van der Waals surface area contributed by atoms with Crippen LogP contribution in [0.5, 0.6) is 0 Å². The Balaban J connectivity index is 1.61. The fourth-order valence-electron chi connectivity index (χ4n) is 2.79. The van der Waals surface area contributed by atoms with Crippen LogP contribution >= 0.6 is 0 Å². The van der Waals surface area contributed by atoms with Gasteiger partial charge in [0.1, 0.15) is 0 Å². The molecule has 0 aromatic rings. The van der Waals surface area contributed by atoms with Gasteiger partial charge in [0.25, 0.3) is 0 Å². The molecule has 0 radical (unpaired) electrons. The van der Waals surface area contributed by atoms with Crippen molar-refractivity contribution in [2.45, 2.75) is 32.8 Å². The number of hydrogen-bond acceptors (Lipinski definition) is 4. The van der Waals surface area contributed by atoms with Crippen molar-refractivity contribution in [3.8, 4) is 0 Å². The molecule has 2 aliphatic rings. The molecule has 1 unspecified atom stereocenters. The highest BCUT2D eigenvalue weighted by Gasteiger charge is 2.24. The van der Waals surface area contributed by atoms with Crippen LogP contribution in [-0.4, -0.2) is 74.2 Å². The van der Waals surface area contributed by atoms with Gasteiger partial charge in [0, 0.05) is 58.8 Å². The first-order chi connectivity index (χ1) is 9.65. The van der Waals surface area contributed by atoms with Gasteiger partial charge in [-0.05, 0) is 12.3 Å². The molecular formula is C15H29N3O2. The van der Waals surface area contributed by atoms with Gasteiger partial charge in [-0.15, -0.1) is 0 Å². The molecule has 2 fully saturated rings. The molecule has 2 heterocycles. The highest BCUT2D eigenvalue weighted by molar-refractivity contribution is 5.76. The molecule has 5 nitrogen and oxygen atoms in total. The number of nitrogens with zero attached hydrogens (tertiary/aromatic N) is 2.